The van der Waals surface area contributed by atoms with Crippen molar-refractivity contribution in [3.8, 4) is 5.75 Å². The molecule has 1 atom stereocenters. The first kappa shape index (κ1) is 16.6. The van der Waals surface area contributed by atoms with Crippen molar-refractivity contribution < 1.29 is 27.4 Å². The number of nitrogens with one attached hydrogen (secondary N) is 2. The van der Waals surface area contributed by atoms with Crippen molar-refractivity contribution in [2.24, 2.45) is 0 Å². The summed E-state index contributed by atoms with van der Waals surface area (Å²) in [7, 11) is 0. The molecule has 8 heteroatoms. The van der Waals surface area contributed by atoms with Crippen LogP contribution >= 0.6 is 0 Å². The van der Waals surface area contributed by atoms with Crippen molar-refractivity contribution >= 4 is 5.91 Å². The highest BCUT2D eigenvalue weighted by Gasteiger charge is 2.28. The van der Waals surface area contributed by atoms with Gasteiger partial charge in [0.05, 0.1) is 13.2 Å². The maximum absolute atomic E-state index is 12.0. The smallest absolute Gasteiger partial charge is 0.422 e. The fourth-order valence-electron chi connectivity index (χ4n) is 1.91. The molecule has 5 nitrogen and oxygen atoms in total. The van der Waals surface area contributed by atoms with Crippen LogP contribution in [0.2, 0.25) is 0 Å². The van der Waals surface area contributed by atoms with Gasteiger partial charge in [0.2, 0.25) is 5.91 Å². The molecule has 1 aromatic carbocycles. The minimum atomic E-state index is -4.36. The molecule has 1 aliphatic rings. The van der Waals surface area contributed by atoms with Crippen LogP contribution in [0.5, 0.6) is 5.75 Å². The summed E-state index contributed by atoms with van der Waals surface area (Å²) in [6.07, 6.45) is -4.36. The second-order valence-corrected chi connectivity index (χ2v) is 4.85. The molecular weight excluding hydrogens is 301 g/mol. The van der Waals surface area contributed by atoms with Gasteiger partial charge in [0.25, 0.3) is 0 Å². The molecule has 2 N–H and O–H groups in total. The Bertz CT molecular complexity index is 485. The molecule has 122 valence electrons. The Labute approximate surface area is 125 Å². The lowest BCUT2D eigenvalue weighted by molar-refractivity contribution is -0.153. The molecule has 2 rings (SSSR count). The van der Waals surface area contributed by atoms with E-state index in [1.54, 1.807) is 12.1 Å². The molecule has 1 amide bonds. The van der Waals surface area contributed by atoms with E-state index in [1.165, 1.54) is 12.1 Å². The Kier molecular flexibility index (Phi) is 5.62. The SMILES string of the molecule is O=C(NCc1ccc(OCC(F)(F)F)cc1)C1COCCN1. The average Bonchev–Trinajstić information content (AvgIpc) is 2.52. The molecule has 1 saturated heterocycles. The lowest BCUT2D eigenvalue weighted by Gasteiger charge is -2.22. The highest BCUT2D eigenvalue weighted by atomic mass is 19.4. The molecule has 1 heterocycles. The maximum Gasteiger partial charge on any atom is 0.422 e. The van der Waals surface area contributed by atoms with Gasteiger partial charge in [0, 0.05) is 13.1 Å². The largest absolute Gasteiger partial charge is 0.484 e. The van der Waals surface area contributed by atoms with E-state index in [9.17, 15) is 18.0 Å². The lowest BCUT2D eigenvalue weighted by atomic mass is 10.2. The minimum Gasteiger partial charge on any atom is -0.484 e. The summed E-state index contributed by atoms with van der Waals surface area (Å²) in [6, 6.07) is 5.72. The van der Waals surface area contributed by atoms with E-state index in [1.807, 2.05) is 0 Å². The number of carbonyl (C=O) groups is 1. The van der Waals surface area contributed by atoms with Crippen LogP contribution in [0.3, 0.4) is 0 Å². The molecular formula is C14H17F3N2O3. The third-order valence-electron chi connectivity index (χ3n) is 3.03. The molecule has 22 heavy (non-hydrogen) atoms. The second kappa shape index (κ2) is 7.46. The van der Waals surface area contributed by atoms with Crippen LogP contribution in [0, 0.1) is 0 Å². The molecule has 0 spiro atoms. The number of alkyl halides is 3. The van der Waals surface area contributed by atoms with Gasteiger partial charge < -0.3 is 20.1 Å². The monoisotopic (exact) mass is 318 g/mol. The Balaban J connectivity index is 1.77. The number of rotatable bonds is 5. The first-order chi connectivity index (χ1) is 10.4. The molecule has 0 aromatic heterocycles. The van der Waals surface area contributed by atoms with E-state index in [0.717, 1.165) is 5.56 Å². The van der Waals surface area contributed by atoms with Gasteiger partial charge in [-0.2, -0.15) is 13.2 Å². The number of carbonyl (C=O) groups excluding carboxylic acids is 1. The topological polar surface area (TPSA) is 59.6 Å². The second-order valence-electron chi connectivity index (χ2n) is 4.85. The first-order valence-corrected chi connectivity index (χ1v) is 6.81. The van der Waals surface area contributed by atoms with Gasteiger partial charge in [-0.3, -0.25) is 4.79 Å². The van der Waals surface area contributed by atoms with Crippen molar-refractivity contribution in [2.75, 3.05) is 26.4 Å². The highest BCUT2D eigenvalue weighted by molar-refractivity contribution is 5.81. The fraction of sp³-hybridized carbons (Fsp3) is 0.500. The number of amides is 1. The molecule has 0 saturated carbocycles. The van der Waals surface area contributed by atoms with Crippen LogP contribution in [0.15, 0.2) is 24.3 Å². The van der Waals surface area contributed by atoms with Gasteiger partial charge >= 0.3 is 6.18 Å². The molecule has 1 aliphatic heterocycles. The number of hydrogen-bond acceptors (Lipinski definition) is 4. The van der Waals surface area contributed by atoms with Crippen LogP contribution < -0.4 is 15.4 Å². The number of hydrogen-bond donors (Lipinski definition) is 2. The zero-order valence-corrected chi connectivity index (χ0v) is 11.8. The Morgan fingerprint density at radius 3 is 2.68 bits per heavy atom. The van der Waals surface area contributed by atoms with Crippen molar-refractivity contribution in [3.05, 3.63) is 29.8 Å². The summed E-state index contributed by atoms with van der Waals surface area (Å²) >= 11 is 0. The van der Waals surface area contributed by atoms with E-state index in [4.69, 9.17) is 4.74 Å². The van der Waals surface area contributed by atoms with Gasteiger partial charge in [-0.15, -0.1) is 0 Å². The molecule has 1 fully saturated rings. The molecule has 0 aliphatic carbocycles. The third-order valence-corrected chi connectivity index (χ3v) is 3.03. The first-order valence-electron chi connectivity index (χ1n) is 6.81. The predicted octanol–water partition coefficient (Wildman–Crippen LogP) is 1.23. The van der Waals surface area contributed by atoms with Gasteiger partial charge in [-0.1, -0.05) is 12.1 Å². The Morgan fingerprint density at radius 2 is 2.09 bits per heavy atom. The third kappa shape index (κ3) is 5.53. The van der Waals surface area contributed by atoms with Gasteiger partial charge in [-0.05, 0) is 17.7 Å². The Hall–Kier alpha value is -1.80. The van der Waals surface area contributed by atoms with Crippen molar-refractivity contribution in [3.63, 3.8) is 0 Å². The minimum absolute atomic E-state index is 0.134. The zero-order chi connectivity index (χ0) is 16.0. The molecule has 1 aromatic rings. The van der Waals surface area contributed by atoms with Gasteiger partial charge in [0.1, 0.15) is 11.8 Å². The standard InChI is InChI=1S/C14H17F3N2O3/c15-14(16,17)9-22-11-3-1-10(2-4-11)7-19-13(20)12-8-21-6-5-18-12/h1-4,12,18H,5-9H2,(H,19,20). The lowest BCUT2D eigenvalue weighted by Crippen LogP contribution is -2.51. The van der Waals surface area contributed by atoms with Crippen LogP contribution in [-0.4, -0.2) is 44.5 Å². The normalized spacial score (nSPS) is 18.8. The van der Waals surface area contributed by atoms with Crippen LogP contribution in [0.1, 0.15) is 5.56 Å². The van der Waals surface area contributed by atoms with Crippen molar-refractivity contribution in [2.45, 2.75) is 18.8 Å². The summed E-state index contributed by atoms with van der Waals surface area (Å²) in [5, 5.41) is 5.77. The van der Waals surface area contributed by atoms with Crippen molar-refractivity contribution in [1.29, 1.82) is 0 Å². The van der Waals surface area contributed by atoms with Gasteiger partial charge in [0.15, 0.2) is 6.61 Å². The highest BCUT2D eigenvalue weighted by Crippen LogP contribution is 2.18. The van der Waals surface area contributed by atoms with Crippen LogP contribution in [-0.2, 0) is 16.1 Å². The van der Waals surface area contributed by atoms with Crippen LogP contribution in [0.25, 0.3) is 0 Å². The van der Waals surface area contributed by atoms with E-state index >= 15 is 0 Å². The molecule has 0 bridgehead atoms. The summed E-state index contributed by atoms with van der Waals surface area (Å²) in [5.74, 6) is -0.0353. The maximum atomic E-state index is 12.0. The predicted molar refractivity (Wildman–Crippen MR) is 72.4 cm³/mol. The van der Waals surface area contributed by atoms with Crippen LogP contribution in [0.4, 0.5) is 13.2 Å². The summed E-state index contributed by atoms with van der Waals surface area (Å²) in [6.45, 7) is 0.509. The summed E-state index contributed by atoms with van der Waals surface area (Å²) < 4.78 is 45.9. The quantitative estimate of drug-likeness (QED) is 0.857. The molecule has 1 unspecified atom stereocenters. The van der Waals surface area contributed by atoms with E-state index in [-0.39, 0.29) is 24.2 Å². The number of morpholine rings is 1. The molecule has 0 radical (unpaired) electrons. The Morgan fingerprint density at radius 1 is 1.36 bits per heavy atom. The van der Waals surface area contributed by atoms with E-state index < -0.39 is 12.8 Å². The summed E-state index contributed by atoms with van der Waals surface area (Å²) in [5.41, 5.74) is 0.768. The fourth-order valence-corrected chi connectivity index (χ4v) is 1.91. The number of ether oxygens (including phenoxy) is 2. The summed E-state index contributed by atoms with van der Waals surface area (Å²) in [4.78, 5) is 11.8. The average molecular weight is 318 g/mol. The number of benzene rings is 1. The number of halogens is 3. The van der Waals surface area contributed by atoms with Gasteiger partial charge in [-0.25, -0.2) is 0 Å². The zero-order valence-electron chi connectivity index (χ0n) is 11.8. The van der Waals surface area contributed by atoms with Crippen molar-refractivity contribution in [1.82, 2.24) is 10.6 Å². The van der Waals surface area contributed by atoms with E-state index in [0.29, 0.717) is 19.8 Å². The van der Waals surface area contributed by atoms with E-state index in [2.05, 4.69) is 15.4 Å².